The highest BCUT2D eigenvalue weighted by molar-refractivity contribution is 7.89. The lowest BCUT2D eigenvalue weighted by Gasteiger charge is -2.36. The number of piperazine rings is 1. The van der Waals surface area contributed by atoms with Gasteiger partial charge in [-0.2, -0.15) is 4.31 Å². The number of nitro benzene ring substituents is 1. The van der Waals surface area contributed by atoms with Crippen LogP contribution in [0.4, 0.5) is 5.69 Å². The van der Waals surface area contributed by atoms with Crippen molar-refractivity contribution in [1.29, 1.82) is 0 Å². The first kappa shape index (κ1) is 19.6. The first-order valence-electron chi connectivity index (χ1n) is 6.85. The lowest BCUT2D eigenvalue weighted by Crippen LogP contribution is -2.56. The third-order valence-corrected chi connectivity index (χ3v) is 5.67. The van der Waals surface area contributed by atoms with Crippen LogP contribution in [0.15, 0.2) is 23.1 Å². The van der Waals surface area contributed by atoms with Gasteiger partial charge in [-0.05, 0) is 19.9 Å². The molecule has 0 amide bonds. The monoisotopic (exact) mass is 365 g/mol. The summed E-state index contributed by atoms with van der Waals surface area (Å²) in [6.45, 7) is 4.61. The maximum atomic E-state index is 12.9. The second kappa shape index (κ2) is 7.43. The molecule has 2 atom stereocenters. The number of nitrogens with zero attached hydrogens (tertiary/aromatic N) is 2. The number of sulfonamides is 1. The Bertz CT molecular complexity index is 682. The summed E-state index contributed by atoms with van der Waals surface area (Å²) in [4.78, 5) is 10.2. The van der Waals surface area contributed by atoms with E-state index in [1.54, 1.807) is 0 Å². The van der Waals surface area contributed by atoms with E-state index in [9.17, 15) is 18.5 Å². The van der Waals surface area contributed by atoms with Gasteiger partial charge < -0.3 is 10.1 Å². The number of hydrogen-bond acceptors (Lipinski definition) is 6. The smallest absolute Gasteiger partial charge is 0.273 e. The lowest BCUT2D eigenvalue weighted by atomic mass is 10.2. The summed E-state index contributed by atoms with van der Waals surface area (Å²) < 4.78 is 32.2. The molecule has 0 radical (unpaired) electrons. The highest BCUT2D eigenvalue weighted by atomic mass is 35.5. The maximum absolute atomic E-state index is 12.9. The Hall–Kier alpha value is -1.42. The first-order valence-corrected chi connectivity index (χ1v) is 8.29. The minimum atomic E-state index is -3.78. The van der Waals surface area contributed by atoms with Gasteiger partial charge in [0.25, 0.3) is 5.69 Å². The van der Waals surface area contributed by atoms with Crippen molar-refractivity contribution in [2.24, 2.45) is 0 Å². The van der Waals surface area contributed by atoms with Crippen molar-refractivity contribution < 1.29 is 18.1 Å². The van der Waals surface area contributed by atoms with Crippen LogP contribution in [-0.4, -0.2) is 49.9 Å². The van der Waals surface area contributed by atoms with Gasteiger partial charge in [0.2, 0.25) is 10.0 Å². The molecule has 1 aromatic carbocycles. The Morgan fingerprint density at radius 1 is 1.39 bits per heavy atom. The number of nitrogens with one attached hydrogen (secondary N) is 1. The number of nitro groups is 1. The van der Waals surface area contributed by atoms with E-state index < -0.39 is 14.9 Å². The third kappa shape index (κ3) is 3.92. The summed E-state index contributed by atoms with van der Waals surface area (Å²) in [7, 11) is -2.49. The number of methoxy groups -OCH3 is 1. The second-order valence-corrected chi connectivity index (χ2v) is 7.18. The van der Waals surface area contributed by atoms with Gasteiger partial charge in [-0.15, -0.1) is 12.4 Å². The molecule has 1 aromatic rings. The Kier molecular flexibility index (Phi) is 6.34. The quantitative estimate of drug-likeness (QED) is 0.639. The van der Waals surface area contributed by atoms with Gasteiger partial charge >= 0.3 is 0 Å². The van der Waals surface area contributed by atoms with Crippen molar-refractivity contribution in [3.63, 3.8) is 0 Å². The van der Waals surface area contributed by atoms with Gasteiger partial charge in [0.15, 0.2) is 0 Å². The van der Waals surface area contributed by atoms with Crippen LogP contribution >= 0.6 is 12.4 Å². The van der Waals surface area contributed by atoms with Crippen LogP contribution in [0.1, 0.15) is 13.8 Å². The predicted molar refractivity (Wildman–Crippen MR) is 87.7 cm³/mol. The number of rotatable bonds is 4. The van der Waals surface area contributed by atoms with E-state index in [0.717, 1.165) is 6.07 Å². The average molecular weight is 366 g/mol. The maximum Gasteiger partial charge on any atom is 0.273 e. The minimum Gasteiger partial charge on any atom is -0.495 e. The van der Waals surface area contributed by atoms with E-state index in [-0.39, 0.29) is 40.8 Å². The topological polar surface area (TPSA) is 102 Å². The number of hydrogen-bond donors (Lipinski definition) is 1. The van der Waals surface area contributed by atoms with E-state index >= 15 is 0 Å². The van der Waals surface area contributed by atoms with Crippen LogP contribution in [0.5, 0.6) is 5.75 Å². The normalized spacial score (nSPS) is 22.2. The number of benzene rings is 1. The Labute approximate surface area is 141 Å². The van der Waals surface area contributed by atoms with Crippen LogP contribution in [0, 0.1) is 10.1 Å². The van der Waals surface area contributed by atoms with Crippen LogP contribution in [-0.2, 0) is 10.0 Å². The van der Waals surface area contributed by atoms with E-state index in [2.05, 4.69) is 5.32 Å². The summed E-state index contributed by atoms with van der Waals surface area (Å²) in [5.74, 6) is -0.0208. The van der Waals surface area contributed by atoms with Crippen LogP contribution in [0.2, 0.25) is 0 Å². The fraction of sp³-hybridized carbons (Fsp3) is 0.538. The van der Waals surface area contributed by atoms with Crippen molar-refractivity contribution in [3.05, 3.63) is 28.3 Å². The number of halogens is 1. The molecule has 0 saturated carbocycles. The zero-order valence-electron chi connectivity index (χ0n) is 13.1. The molecule has 23 heavy (non-hydrogen) atoms. The number of non-ortho nitro benzene ring substituents is 1. The van der Waals surface area contributed by atoms with Gasteiger partial charge in [0, 0.05) is 31.2 Å². The molecule has 8 nitrogen and oxygen atoms in total. The summed E-state index contributed by atoms with van der Waals surface area (Å²) in [5.41, 5.74) is -0.211. The summed E-state index contributed by atoms with van der Waals surface area (Å²) >= 11 is 0. The number of ether oxygens (including phenoxy) is 1. The molecule has 1 saturated heterocycles. The first-order chi connectivity index (χ1) is 10.3. The molecule has 1 fully saturated rings. The van der Waals surface area contributed by atoms with Gasteiger partial charge in [-0.25, -0.2) is 8.42 Å². The zero-order chi connectivity index (χ0) is 16.5. The third-order valence-electron chi connectivity index (χ3n) is 3.65. The molecule has 1 heterocycles. The van der Waals surface area contributed by atoms with Crippen LogP contribution < -0.4 is 10.1 Å². The highest BCUT2D eigenvalue weighted by Crippen LogP contribution is 2.31. The molecule has 2 rings (SSSR count). The van der Waals surface area contributed by atoms with Gasteiger partial charge in [-0.3, -0.25) is 10.1 Å². The second-order valence-electron chi connectivity index (χ2n) is 5.33. The molecule has 1 N–H and O–H groups in total. The van der Waals surface area contributed by atoms with E-state index in [0.29, 0.717) is 13.1 Å². The van der Waals surface area contributed by atoms with Gasteiger partial charge in [0.05, 0.1) is 18.1 Å². The molecule has 1 aliphatic rings. The van der Waals surface area contributed by atoms with Crippen molar-refractivity contribution in [3.8, 4) is 5.75 Å². The molecular formula is C13H20ClN3O5S. The summed E-state index contributed by atoms with van der Waals surface area (Å²) in [5, 5.41) is 14.0. The van der Waals surface area contributed by atoms with E-state index in [1.807, 2.05) is 13.8 Å². The highest BCUT2D eigenvalue weighted by Gasteiger charge is 2.35. The summed E-state index contributed by atoms with van der Waals surface area (Å²) in [6, 6.07) is 3.36. The van der Waals surface area contributed by atoms with Crippen molar-refractivity contribution in [2.45, 2.75) is 30.8 Å². The summed E-state index contributed by atoms with van der Waals surface area (Å²) in [6.07, 6.45) is 0. The molecule has 0 bridgehead atoms. The minimum absolute atomic E-state index is 0. The van der Waals surface area contributed by atoms with Crippen molar-refractivity contribution in [1.82, 2.24) is 9.62 Å². The van der Waals surface area contributed by atoms with E-state index in [1.165, 1.54) is 23.5 Å². The molecule has 10 heteroatoms. The zero-order valence-corrected chi connectivity index (χ0v) is 14.7. The Morgan fingerprint density at radius 2 is 2.04 bits per heavy atom. The SMILES string of the molecule is COc1cc([N+](=O)[O-])ccc1S(=O)(=O)N1CC(C)NCC1C.Cl. The molecular weight excluding hydrogens is 346 g/mol. The average Bonchev–Trinajstić information content (AvgIpc) is 2.48. The largest absolute Gasteiger partial charge is 0.495 e. The van der Waals surface area contributed by atoms with Crippen molar-refractivity contribution in [2.75, 3.05) is 20.2 Å². The predicted octanol–water partition coefficient (Wildman–Crippen LogP) is 1.40. The molecule has 1 aliphatic heterocycles. The standard InChI is InChI=1S/C13H19N3O5S.ClH/c1-9-8-15(10(2)7-14-9)22(19,20)13-5-4-11(16(17)18)6-12(13)21-3;/h4-6,9-10,14H,7-8H2,1-3H3;1H. The molecule has 2 unspecified atom stereocenters. The van der Waals surface area contributed by atoms with Gasteiger partial charge in [0.1, 0.15) is 10.6 Å². The van der Waals surface area contributed by atoms with Crippen LogP contribution in [0.25, 0.3) is 0 Å². The molecule has 130 valence electrons. The van der Waals surface area contributed by atoms with Gasteiger partial charge in [-0.1, -0.05) is 0 Å². The van der Waals surface area contributed by atoms with Crippen molar-refractivity contribution >= 4 is 28.1 Å². The molecule has 0 aliphatic carbocycles. The fourth-order valence-electron chi connectivity index (χ4n) is 2.43. The lowest BCUT2D eigenvalue weighted by molar-refractivity contribution is -0.385. The molecule has 0 spiro atoms. The molecule has 0 aromatic heterocycles. The Balaban J connectivity index is 0.00000264. The van der Waals surface area contributed by atoms with Crippen LogP contribution in [0.3, 0.4) is 0 Å². The van der Waals surface area contributed by atoms with E-state index in [4.69, 9.17) is 4.74 Å². The Morgan fingerprint density at radius 3 is 2.61 bits per heavy atom. The fourth-order valence-corrected chi connectivity index (χ4v) is 4.29.